The van der Waals surface area contributed by atoms with Gasteiger partial charge in [0, 0.05) is 47.9 Å². The number of carboxylic acids is 1. The maximum atomic E-state index is 11.6. The number of carbonyl (C=O) groups is 1. The Morgan fingerprint density at radius 2 is 2.03 bits per heavy atom. The number of likely N-dealkylation sites (tertiary alicyclic amines) is 1. The molecule has 186 valence electrons. The number of aliphatic hydroxyl groups is 1. The van der Waals surface area contributed by atoms with Gasteiger partial charge in [-0.05, 0) is 60.4 Å². The number of aromatic carboxylic acids is 1. The molecule has 5 rings (SSSR count). The third kappa shape index (κ3) is 4.76. The zero-order chi connectivity index (χ0) is 25.3. The van der Waals surface area contributed by atoms with Crippen molar-refractivity contribution in [2.45, 2.75) is 32.0 Å². The van der Waals surface area contributed by atoms with Crippen molar-refractivity contribution in [3.8, 4) is 5.75 Å². The highest BCUT2D eigenvalue weighted by molar-refractivity contribution is 6.30. The third-order valence-corrected chi connectivity index (χ3v) is 7.61. The average molecular weight is 505 g/mol. The molecule has 0 saturated carbocycles. The van der Waals surface area contributed by atoms with Crippen LogP contribution in [0.5, 0.6) is 5.75 Å². The van der Waals surface area contributed by atoms with Crippen LogP contribution in [0, 0.1) is 5.92 Å². The molecule has 3 heterocycles. The molecule has 2 N–H and O–H groups in total. The molecule has 2 aliphatic rings. The van der Waals surface area contributed by atoms with Crippen LogP contribution in [-0.2, 0) is 12.2 Å². The Balaban J connectivity index is 1.36. The minimum Gasteiger partial charge on any atom is -0.487 e. The molecule has 36 heavy (non-hydrogen) atoms. The van der Waals surface area contributed by atoms with Crippen LogP contribution in [0.4, 0.5) is 0 Å². The number of benzene rings is 2. The first kappa shape index (κ1) is 24.5. The fourth-order valence-electron chi connectivity index (χ4n) is 5.28. The van der Waals surface area contributed by atoms with Gasteiger partial charge in [0.05, 0.1) is 16.9 Å². The molecule has 7 heteroatoms. The normalized spacial score (nSPS) is 22.9. The zero-order valence-corrected chi connectivity index (χ0v) is 20.9. The number of nitrogens with zero attached hydrogens (tertiary/aromatic N) is 2. The number of pyridine rings is 1. The van der Waals surface area contributed by atoms with Gasteiger partial charge < -0.3 is 19.8 Å². The second kappa shape index (κ2) is 10.1. The highest BCUT2D eigenvalue weighted by Gasteiger charge is 2.40. The van der Waals surface area contributed by atoms with Gasteiger partial charge in [-0.2, -0.15) is 0 Å². The molecule has 0 bridgehead atoms. The number of halogens is 1. The van der Waals surface area contributed by atoms with Crippen LogP contribution in [0.2, 0.25) is 5.02 Å². The summed E-state index contributed by atoms with van der Waals surface area (Å²) in [5.41, 5.74) is 3.77. The van der Waals surface area contributed by atoms with E-state index < -0.39 is 11.6 Å². The molecule has 2 atom stereocenters. The van der Waals surface area contributed by atoms with Gasteiger partial charge in [0.2, 0.25) is 0 Å². The predicted molar refractivity (Wildman–Crippen MR) is 139 cm³/mol. The van der Waals surface area contributed by atoms with Crippen LogP contribution in [0.3, 0.4) is 0 Å². The third-order valence-electron chi connectivity index (χ3n) is 7.36. The number of rotatable bonds is 5. The lowest BCUT2D eigenvalue weighted by molar-refractivity contribution is -0.0706. The number of fused-ring (bicyclic) bond motifs is 2. The van der Waals surface area contributed by atoms with Crippen LogP contribution in [-0.4, -0.2) is 45.7 Å². The minimum absolute atomic E-state index is 0.0649. The summed E-state index contributed by atoms with van der Waals surface area (Å²) in [5, 5.41) is 21.6. The number of hydrogen-bond acceptors (Lipinski definition) is 5. The van der Waals surface area contributed by atoms with Gasteiger partial charge in [0.15, 0.2) is 0 Å². The molecular weight excluding hydrogens is 476 g/mol. The average Bonchev–Trinajstić information content (AvgIpc) is 3.03. The van der Waals surface area contributed by atoms with Crippen LogP contribution in [0.1, 0.15) is 52.5 Å². The summed E-state index contributed by atoms with van der Waals surface area (Å²) in [6.45, 7) is 4.82. The Morgan fingerprint density at radius 1 is 1.22 bits per heavy atom. The first-order chi connectivity index (χ1) is 17.3. The van der Waals surface area contributed by atoms with E-state index in [4.69, 9.17) is 16.3 Å². The van der Waals surface area contributed by atoms with Gasteiger partial charge in [0.1, 0.15) is 12.4 Å². The highest BCUT2D eigenvalue weighted by atomic mass is 35.5. The van der Waals surface area contributed by atoms with Crippen molar-refractivity contribution in [1.82, 2.24) is 9.88 Å². The maximum absolute atomic E-state index is 11.6. The van der Waals surface area contributed by atoms with E-state index in [0.717, 1.165) is 54.0 Å². The number of carboxylic acid groups (broad SMARTS) is 1. The first-order valence-corrected chi connectivity index (χ1v) is 12.6. The lowest BCUT2D eigenvalue weighted by Crippen LogP contribution is -2.49. The van der Waals surface area contributed by atoms with E-state index in [0.29, 0.717) is 23.8 Å². The second-order valence-electron chi connectivity index (χ2n) is 9.59. The largest absolute Gasteiger partial charge is 0.487 e. The molecule has 1 saturated heterocycles. The zero-order valence-electron chi connectivity index (χ0n) is 20.2. The quantitative estimate of drug-likeness (QED) is 0.485. The van der Waals surface area contributed by atoms with Crippen LogP contribution < -0.4 is 4.74 Å². The van der Waals surface area contributed by atoms with Gasteiger partial charge in [-0.3, -0.25) is 4.98 Å². The van der Waals surface area contributed by atoms with Crippen molar-refractivity contribution in [2.24, 2.45) is 5.92 Å². The fraction of sp³-hybridized carbons (Fsp3) is 0.310. The van der Waals surface area contributed by atoms with Crippen molar-refractivity contribution in [3.63, 3.8) is 0 Å². The second-order valence-corrected chi connectivity index (χ2v) is 10.0. The number of piperidine rings is 1. The monoisotopic (exact) mass is 504 g/mol. The van der Waals surface area contributed by atoms with Gasteiger partial charge in [-0.1, -0.05) is 42.8 Å². The lowest BCUT2D eigenvalue weighted by Gasteiger charge is -2.43. The lowest BCUT2D eigenvalue weighted by atomic mass is 9.77. The summed E-state index contributed by atoms with van der Waals surface area (Å²) in [6, 6.07) is 16.4. The molecule has 0 aliphatic carbocycles. The van der Waals surface area contributed by atoms with E-state index in [1.54, 1.807) is 24.4 Å². The molecular formula is C29H29ClN2O4. The van der Waals surface area contributed by atoms with Crippen molar-refractivity contribution >= 4 is 23.1 Å². The van der Waals surface area contributed by atoms with E-state index >= 15 is 0 Å². The molecule has 2 unspecified atom stereocenters. The van der Waals surface area contributed by atoms with E-state index in [1.165, 1.54) is 0 Å². The summed E-state index contributed by atoms with van der Waals surface area (Å²) in [7, 11) is 0. The topological polar surface area (TPSA) is 82.9 Å². The smallest absolute Gasteiger partial charge is 0.335 e. The molecule has 0 amide bonds. The Morgan fingerprint density at radius 3 is 2.78 bits per heavy atom. The van der Waals surface area contributed by atoms with Gasteiger partial charge >= 0.3 is 5.97 Å². The van der Waals surface area contributed by atoms with Crippen molar-refractivity contribution in [1.29, 1.82) is 0 Å². The first-order valence-electron chi connectivity index (χ1n) is 12.2. The molecule has 1 aromatic heterocycles. The Kier molecular flexibility index (Phi) is 6.84. The minimum atomic E-state index is -0.969. The summed E-state index contributed by atoms with van der Waals surface area (Å²) in [4.78, 5) is 18.5. The van der Waals surface area contributed by atoms with Crippen LogP contribution >= 0.6 is 11.6 Å². The fourth-order valence-corrected chi connectivity index (χ4v) is 5.40. The molecule has 2 aliphatic heterocycles. The van der Waals surface area contributed by atoms with Crippen molar-refractivity contribution in [3.05, 3.63) is 99.8 Å². The summed E-state index contributed by atoms with van der Waals surface area (Å²) < 4.78 is 5.98. The van der Waals surface area contributed by atoms with E-state index in [1.807, 2.05) is 36.4 Å². The van der Waals surface area contributed by atoms with Gasteiger partial charge in [-0.25, -0.2) is 4.79 Å². The maximum Gasteiger partial charge on any atom is 0.335 e. The Hall–Kier alpha value is -3.19. The van der Waals surface area contributed by atoms with Crippen LogP contribution in [0.15, 0.2) is 66.9 Å². The van der Waals surface area contributed by atoms with Crippen molar-refractivity contribution < 1.29 is 19.7 Å². The number of aromatic nitrogens is 1. The summed E-state index contributed by atoms with van der Waals surface area (Å²) in [5.74, 6) is -0.248. The number of hydrogen-bond donors (Lipinski definition) is 2. The Bertz CT molecular complexity index is 1310. The standard InChI is InChI=1S/C29H29ClN2O4/c1-19-17-32(15-12-29(19,35)21-7-9-22(30)10-8-21)14-3-5-23-24-4-2-13-31-26(24)18-36-27-11-6-20(28(33)34)16-25(23)27/h2,4-11,13,16,19,35H,3,12,14-15,17-18H2,1H3,(H,33,34)/b23-5+. The van der Waals surface area contributed by atoms with Gasteiger partial charge in [-0.15, -0.1) is 0 Å². The molecule has 0 radical (unpaired) electrons. The summed E-state index contributed by atoms with van der Waals surface area (Å²) in [6.07, 6.45) is 5.32. The van der Waals surface area contributed by atoms with Crippen molar-refractivity contribution in [2.75, 3.05) is 19.6 Å². The van der Waals surface area contributed by atoms with E-state index in [9.17, 15) is 15.0 Å². The molecule has 0 spiro atoms. The molecule has 6 nitrogen and oxygen atoms in total. The van der Waals surface area contributed by atoms with E-state index in [-0.39, 0.29) is 11.5 Å². The highest BCUT2D eigenvalue weighted by Crippen LogP contribution is 2.39. The molecule has 3 aromatic rings. The molecule has 1 fully saturated rings. The van der Waals surface area contributed by atoms with Gasteiger partial charge in [0.25, 0.3) is 0 Å². The molecule has 2 aromatic carbocycles. The summed E-state index contributed by atoms with van der Waals surface area (Å²) >= 11 is 6.04. The van der Waals surface area contributed by atoms with E-state index in [2.05, 4.69) is 22.9 Å². The SMILES string of the molecule is CC1CN(CC/C=C2/c3cc(C(=O)O)ccc3OCc3ncccc32)CCC1(O)c1ccc(Cl)cc1. The van der Waals surface area contributed by atoms with Crippen LogP contribution in [0.25, 0.3) is 5.57 Å². The Labute approximate surface area is 215 Å². The predicted octanol–water partition coefficient (Wildman–Crippen LogP) is 5.38. The number of ether oxygens (including phenoxy) is 1.